The molecule has 2 N–H and O–H groups in total. The Labute approximate surface area is 162 Å². The summed E-state index contributed by atoms with van der Waals surface area (Å²) in [5.74, 6) is 0.949. The highest BCUT2D eigenvalue weighted by Gasteiger charge is 2.26. The normalized spacial score (nSPS) is 24.8. The number of β-amino-alcohol motifs (C(OH)–C–C–N with tert-alkyl or cyclic N) is 1. The molecule has 2 heterocycles. The zero-order chi connectivity index (χ0) is 18.9. The van der Waals surface area contributed by atoms with E-state index in [0.717, 1.165) is 77.6 Å². The molecule has 3 rings (SSSR count). The van der Waals surface area contributed by atoms with E-state index >= 15 is 0 Å². The molecule has 0 bridgehead atoms. The van der Waals surface area contributed by atoms with Gasteiger partial charge in [-0.3, -0.25) is 9.80 Å². The van der Waals surface area contributed by atoms with Gasteiger partial charge in [-0.25, -0.2) is 0 Å². The summed E-state index contributed by atoms with van der Waals surface area (Å²) in [6, 6.07) is 8.28. The first-order valence-electron chi connectivity index (χ1n) is 10.3. The smallest absolute Gasteiger partial charge is 0.119 e. The molecule has 1 aromatic rings. The van der Waals surface area contributed by atoms with Crippen molar-refractivity contribution in [2.75, 3.05) is 59.2 Å². The first kappa shape index (κ1) is 20.6. The maximum atomic E-state index is 10.1. The average molecular weight is 379 g/mol. The second-order valence-corrected chi connectivity index (χ2v) is 7.69. The number of hydrogen-bond donors (Lipinski definition) is 2. The van der Waals surface area contributed by atoms with Crippen LogP contribution < -0.4 is 4.74 Å². The van der Waals surface area contributed by atoms with Crippen LogP contribution in [-0.4, -0.2) is 85.3 Å². The Kier molecular flexibility index (Phi) is 8.35. The average Bonchev–Trinajstić information content (AvgIpc) is 2.70. The number of aliphatic hydroxyl groups excluding tert-OH is 2. The molecule has 2 aliphatic heterocycles. The summed E-state index contributed by atoms with van der Waals surface area (Å²) in [6.07, 6.45) is 2.65. The van der Waals surface area contributed by atoms with Crippen LogP contribution in [0.15, 0.2) is 24.3 Å². The van der Waals surface area contributed by atoms with Gasteiger partial charge in [0.05, 0.1) is 25.9 Å². The molecular formula is C21H34N2O4. The van der Waals surface area contributed by atoms with E-state index in [9.17, 15) is 10.2 Å². The summed E-state index contributed by atoms with van der Waals surface area (Å²) in [5.41, 5.74) is 1.23. The van der Waals surface area contributed by atoms with E-state index < -0.39 is 6.10 Å². The minimum atomic E-state index is -0.427. The SMILES string of the molecule is OC[C@H]1CCN(Cc2ccc(OCCCCN3CCOCC3)cc2)C[C@H]1O. The highest BCUT2D eigenvalue weighted by atomic mass is 16.5. The number of likely N-dealkylation sites (tertiary alicyclic amines) is 1. The predicted molar refractivity (Wildman–Crippen MR) is 105 cm³/mol. The van der Waals surface area contributed by atoms with Gasteiger partial charge in [-0.05, 0) is 50.0 Å². The largest absolute Gasteiger partial charge is 0.494 e. The summed E-state index contributed by atoms with van der Waals surface area (Å²) in [7, 11) is 0. The van der Waals surface area contributed by atoms with Crippen molar-refractivity contribution in [3.05, 3.63) is 29.8 Å². The molecule has 0 saturated carbocycles. The molecule has 6 nitrogen and oxygen atoms in total. The van der Waals surface area contributed by atoms with Gasteiger partial charge in [-0.1, -0.05) is 12.1 Å². The molecule has 27 heavy (non-hydrogen) atoms. The minimum Gasteiger partial charge on any atom is -0.494 e. The van der Waals surface area contributed by atoms with Crippen molar-refractivity contribution in [3.63, 3.8) is 0 Å². The number of unbranched alkanes of at least 4 members (excludes halogenated alkanes) is 1. The Morgan fingerprint density at radius 2 is 1.81 bits per heavy atom. The van der Waals surface area contributed by atoms with Crippen LogP contribution in [-0.2, 0) is 11.3 Å². The second kappa shape index (κ2) is 11.0. The fraction of sp³-hybridized carbons (Fsp3) is 0.714. The molecule has 0 radical (unpaired) electrons. The number of nitrogens with zero attached hydrogens (tertiary/aromatic N) is 2. The molecule has 1 aromatic carbocycles. The lowest BCUT2D eigenvalue weighted by molar-refractivity contribution is -0.00444. The van der Waals surface area contributed by atoms with Crippen molar-refractivity contribution in [3.8, 4) is 5.75 Å². The molecule has 152 valence electrons. The third-order valence-electron chi connectivity index (χ3n) is 5.61. The fourth-order valence-electron chi connectivity index (χ4n) is 3.80. The molecule has 0 unspecified atom stereocenters. The number of aliphatic hydroxyl groups is 2. The van der Waals surface area contributed by atoms with E-state index in [4.69, 9.17) is 9.47 Å². The van der Waals surface area contributed by atoms with E-state index in [1.165, 1.54) is 5.56 Å². The van der Waals surface area contributed by atoms with Crippen LogP contribution in [0.2, 0.25) is 0 Å². The van der Waals surface area contributed by atoms with Gasteiger partial charge >= 0.3 is 0 Å². The molecule has 0 aliphatic carbocycles. The van der Waals surface area contributed by atoms with E-state index in [0.29, 0.717) is 6.54 Å². The third kappa shape index (κ3) is 6.73. The Balaban J connectivity index is 1.31. The van der Waals surface area contributed by atoms with Gasteiger partial charge in [0, 0.05) is 38.7 Å². The van der Waals surface area contributed by atoms with Gasteiger partial charge in [0.1, 0.15) is 5.75 Å². The minimum absolute atomic E-state index is 0.0280. The van der Waals surface area contributed by atoms with Gasteiger partial charge in [0.2, 0.25) is 0 Å². The standard InChI is InChI=1S/C21H34N2O4/c24-17-19-7-9-23(16-21(19)25)15-18-3-5-20(6-4-18)27-12-2-1-8-22-10-13-26-14-11-22/h3-6,19,21,24-25H,1-2,7-17H2/t19-,21-/m1/s1. The highest BCUT2D eigenvalue weighted by Crippen LogP contribution is 2.20. The molecule has 0 spiro atoms. The number of morpholine rings is 1. The molecule has 0 aromatic heterocycles. The van der Waals surface area contributed by atoms with E-state index in [2.05, 4.69) is 21.9 Å². The quantitative estimate of drug-likeness (QED) is 0.633. The Morgan fingerprint density at radius 3 is 2.52 bits per heavy atom. The summed E-state index contributed by atoms with van der Waals surface area (Å²) in [5, 5.41) is 19.3. The maximum Gasteiger partial charge on any atom is 0.119 e. The predicted octanol–water partition coefficient (Wildman–Crippen LogP) is 1.35. The van der Waals surface area contributed by atoms with Gasteiger partial charge in [0.15, 0.2) is 0 Å². The molecular weight excluding hydrogens is 344 g/mol. The molecule has 2 fully saturated rings. The fourth-order valence-corrected chi connectivity index (χ4v) is 3.80. The second-order valence-electron chi connectivity index (χ2n) is 7.69. The first-order valence-corrected chi connectivity index (χ1v) is 10.3. The molecule has 2 saturated heterocycles. The zero-order valence-electron chi connectivity index (χ0n) is 16.3. The molecule has 2 aliphatic rings. The highest BCUT2D eigenvalue weighted by molar-refractivity contribution is 5.27. The Hall–Kier alpha value is -1.18. The third-order valence-corrected chi connectivity index (χ3v) is 5.61. The van der Waals surface area contributed by atoms with Crippen molar-refractivity contribution < 1.29 is 19.7 Å². The van der Waals surface area contributed by atoms with Crippen LogP contribution in [0.3, 0.4) is 0 Å². The summed E-state index contributed by atoms with van der Waals surface area (Å²) in [6.45, 7) is 8.17. The number of benzene rings is 1. The van der Waals surface area contributed by atoms with E-state index in [1.807, 2.05) is 12.1 Å². The van der Waals surface area contributed by atoms with E-state index in [-0.39, 0.29) is 12.5 Å². The van der Waals surface area contributed by atoms with Gasteiger partial charge in [-0.2, -0.15) is 0 Å². The number of rotatable bonds is 9. The van der Waals surface area contributed by atoms with Crippen molar-refractivity contribution >= 4 is 0 Å². The maximum absolute atomic E-state index is 10.1. The number of ether oxygens (including phenoxy) is 2. The van der Waals surface area contributed by atoms with Crippen molar-refractivity contribution in [2.24, 2.45) is 5.92 Å². The van der Waals surface area contributed by atoms with Crippen LogP contribution >= 0.6 is 0 Å². The van der Waals surface area contributed by atoms with Crippen LogP contribution in [0, 0.1) is 5.92 Å². The first-order chi connectivity index (χ1) is 13.2. The topological polar surface area (TPSA) is 65.4 Å². The van der Waals surface area contributed by atoms with Crippen molar-refractivity contribution in [1.29, 1.82) is 0 Å². The van der Waals surface area contributed by atoms with Crippen LogP contribution in [0.4, 0.5) is 0 Å². The van der Waals surface area contributed by atoms with Crippen LogP contribution in [0.25, 0.3) is 0 Å². The number of hydrogen-bond acceptors (Lipinski definition) is 6. The van der Waals surface area contributed by atoms with Gasteiger partial charge in [-0.15, -0.1) is 0 Å². The molecule has 2 atom stereocenters. The van der Waals surface area contributed by atoms with Crippen LogP contribution in [0.5, 0.6) is 5.75 Å². The van der Waals surface area contributed by atoms with Crippen molar-refractivity contribution in [2.45, 2.75) is 31.9 Å². The summed E-state index contributed by atoms with van der Waals surface area (Å²) in [4.78, 5) is 4.71. The number of piperidine rings is 1. The van der Waals surface area contributed by atoms with Crippen LogP contribution in [0.1, 0.15) is 24.8 Å². The Morgan fingerprint density at radius 1 is 1.04 bits per heavy atom. The lowest BCUT2D eigenvalue weighted by Crippen LogP contribution is -2.44. The zero-order valence-corrected chi connectivity index (χ0v) is 16.3. The lowest BCUT2D eigenvalue weighted by Gasteiger charge is -2.35. The molecule has 0 amide bonds. The summed E-state index contributed by atoms with van der Waals surface area (Å²) < 4.78 is 11.2. The monoisotopic (exact) mass is 378 g/mol. The molecule has 6 heteroatoms. The van der Waals surface area contributed by atoms with Gasteiger partial charge < -0.3 is 19.7 Å². The Bertz CT molecular complexity index is 533. The van der Waals surface area contributed by atoms with E-state index in [1.54, 1.807) is 0 Å². The van der Waals surface area contributed by atoms with Crippen molar-refractivity contribution in [1.82, 2.24) is 9.80 Å². The lowest BCUT2D eigenvalue weighted by atomic mass is 9.94. The van der Waals surface area contributed by atoms with Gasteiger partial charge in [0.25, 0.3) is 0 Å². The summed E-state index contributed by atoms with van der Waals surface area (Å²) >= 11 is 0.